The third-order valence-corrected chi connectivity index (χ3v) is 3.46. The molecule has 0 radical (unpaired) electrons. The largest absolute Gasteiger partial charge is 0.425 e. The maximum atomic E-state index is 12.1. The zero-order valence-electron chi connectivity index (χ0n) is 11.2. The summed E-state index contributed by atoms with van der Waals surface area (Å²) in [7, 11) is 0. The summed E-state index contributed by atoms with van der Waals surface area (Å²) in [6.07, 6.45) is 3.24. The van der Waals surface area contributed by atoms with Crippen LogP contribution in [0.2, 0.25) is 5.02 Å². The summed E-state index contributed by atoms with van der Waals surface area (Å²) in [6.45, 7) is 4.68. The van der Waals surface area contributed by atoms with Gasteiger partial charge in [-0.3, -0.25) is 0 Å². The fourth-order valence-electron chi connectivity index (χ4n) is 2.01. The third-order valence-electron chi connectivity index (χ3n) is 3.14. The van der Waals surface area contributed by atoms with Gasteiger partial charge in [-0.15, -0.1) is 0 Å². The number of aromatic amines is 1. The number of esters is 1. The van der Waals surface area contributed by atoms with E-state index in [1.165, 1.54) is 0 Å². The van der Waals surface area contributed by atoms with Crippen molar-refractivity contribution in [3.8, 4) is 0 Å². The fourth-order valence-corrected chi connectivity index (χ4v) is 2.22. The number of allylic oxidation sites excluding steroid dienone is 1. The van der Waals surface area contributed by atoms with Crippen molar-refractivity contribution in [3.05, 3.63) is 40.5 Å². The highest BCUT2D eigenvalue weighted by Gasteiger charge is 2.29. The van der Waals surface area contributed by atoms with Crippen LogP contribution in [0.3, 0.4) is 0 Å². The Morgan fingerprint density at radius 2 is 2.25 bits per heavy atom. The number of hydrogen-bond donors (Lipinski definition) is 2. The predicted molar refractivity (Wildman–Crippen MR) is 76.7 cm³/mol. The second-order valence-electron chi connectivity index (χ2n) is 4.97. The fraction of sp³-hybridized carbons (Fsp3) is 0.286. The Hall–Kier alpha value is -1.85. The van der Waals surface area contributed by atoms with Crippen molar-refractivity contribution < 1.29 is 9.53 Å². The molecular weight excluding hydrogens is 278 g/mol. The summed E-state index contributed by atoms with van der Waals surface area (Å²) in [5, 5.41) is 4.50. The summed E-state index contributed by atoms with van der Waals surface area (Å²) >= 11 is 5.98. The van der Waals surface area contributed by atoms with Crippen LogP contribution in [0.1, 0.15) is 24.3 Å². The first-order valence-corrected chi connectivity index (χ1v) is 6.69. The van der Waals surface area contributed by atoms with Crippen LogP contribution < -0.4 is 5.32 Å². The van der Waals surface area contributed by atoms with Crippen molar-refractivity contribution in [2.75, 3.05) is 6.54 Å². The lowest BCUT2D eigenvalue weighted by atomic mass is 10.2. The number of carbonyl (C=O) groups excluding carboxylic acids is 1. The lowest BCUT2D eigenvalue weighted by Gasteiger charge is -2.08. The van der Waals surface area contributed by atoms with Crippen LogP contribution in [-0.4, -0.2) is 28.5 Å². The van der Waals surface area contributed by atoms with Crippen LogP contribution in [0.5, 0.6) is 0 Å². The minimum absolute atomic E-state index is 0.146. The molecule has 0 bridgehead atoms. The monoisotopic (exact) mass is 291 g/mol. The number of nitrogens with zero attached hydrogens (tertiary/aromatic N) is 1. The summed E-state index contributed by atoms with van der Waals surface area (Å²) in [5.74, 6) is 0.226. The van der Waals surface area contributed by atoms with E-state index in [0.717, 1.165) is 23.0 Å². The van der Waals surface area contributed by atoms with Crippen LogP contribution in [0.4, 0.5) is 0 Å². The van der Waals surface area contributed by atoms with Crippen LogP contribution in [0.25, 0.3) is 10.9 Å². The van der Waals surface area contributed by atoms with Gasteiger partial charge in [-0.05, 0) is 25.5 Å². The number of rotatable bonds is 3. The molecule has 0 saturated carbocycles. The smallest absolute Gasteiger partial charge is 0.362 e. The second kappa shape index (κ2) is 4.92. The van der Waals surface area contributed by atoms with Crippen molar-refractivity contribution in [1.82, 2.24) is 15.3 Å². The molecular formula is C14H14ClN3O2. The zero-order valence-corrected chi connectivity index (χ0v) is 11.9. The van der Waals surface area contributed by atoms with Gasteiger partial charge >= 0.3 is 5.97 Å². The molecule has 0 aliphatic carbocycles. The number of hydrogen-bond acceptors (Lipinski definition) is 4. The topological polar surface area (TPSA) is 76.9 Å². The summed E-state index contributed by atoms with van der Waals surface area (Å²) in [4.78, 5) is 19.2. The van der Waals surface area contributed by atoms with E-state index in [4.69, 9.17) is 16.3 Å². The molecule has 1 aliphatic rings. The van der Waals surface area contributed by atoms with Gasteiger partial charge < -0.3 is 15.0 Å². The van der Waals surface area contributed by atoms with Gasteiger partial charge in [0.15, 0.2) is 5.69 Å². The summed E-state index contributed by atoms with van der Waals surface area (Å²) in [5.41, 5.74) is 2.01. The average Bonchev–Trinajstić information content (AvgIpc) is 3.19. The summed E-state index contributed by atoms with van der Waals surface area (Å²) < 4.78 is 5.45. The first-order chi connectivity index (χ1) is 9.56. The molecule has 20 heavy (non-hydrogen) atoms. The minimum atomic E-state index is -0.456. The van der Waals surface area contributed by atoms with Crippen molar-refractivity contribution in [3.63, 3.8) is 0 Å². The lowest BCUT2D eigenvalue weighted by Crippen LogP contribution is -2.12. The van der Waals surface area contributed by atoms with Crippen LogP contribution in [0, 0.1) is 0 Å². The Labute approximate surface area is 121 Å². The molecule has 1 unspecified atom stereocenters. The number of ether oxygens (including phenoxy) is 1. The molecule has 1 aliphatic heterocycles. The Kier molecular flexibility index (Phi) is 3.23. The molecule has 3 rings (SSSR count). The van der Waals surface area contributed by atoms with E-state index >= 15 is 0 Å². The van der Waals surface area contributed by atoms with Crippen molar-refractivity contribution >= 4 is 28.5 Å². The van der Waals surface area contributed by atoms with Crippen molar-refractivity contribution in [2.24, 2.45) is 0 Å². The van der Waals surface area contributed by atoms with Gasteiger partial charge in [0.25, 0.3) is 0 Å². The quantitative estimate of drug-likeness (QED) is 0.518. The van der Waals surface area contributed by atoms with Gasteiger partial charge in [0, 0.05) is 24.3 Å². The molecule has 2 N–H and O–H groups in total. The second-order valence-corrected chi connectivity index (χ2v) is 5.37. The molecule has 1 saturated heterocycles. The molecule has 3 heterocycles. The van der Waals surface area contributed by atoms with Crippen molar-refractivity contribution in [1.29, 1.82) is 0 Å². The van der Waals surface area contributed by atoms with Gasteiger partial charge in [-0.2, -0.15) is 0 Å². The zero-order chi connectivity index (χ0) is 14.3. The Bertz CT molecular complexity index is 712. The van der Waals surface area contributed by atoms with E-state index in [-0.39, 0.29) is 11.7 Å². The minimum Gasteiger partial charge on any atom is -0.425 e. The molecule has 2 aromatic heterocycles. The predicted octanol–water partition coefficient (Wildman–Crippen LogP) is 2.64. The number of nitrogens with one attached hydrogen (secondary N) is 2. The Balaban J connectivity index is 1.86. The highest BCUT2D eigenvalue weighted by Crippen LogP contribution is 2.23. The highest BCUT2D eigenvalue weighted by molar-refractivity contribution is 6.35. The molecule has 104 valence electrons. The van der Waals surface area contributed by atoms with E-state index in [1.54, 1.807) is 18.5 Å². The van der Waals surface area contributed by atoms with E-state index in [1.807, 2.05) is 13.8 Å². The third kappa shape index (κ3) is 2.42. The first-order valence-electron chi connectivity index (χ1n) is 6.32. The Morgan fingerprint density at radius 1 is 1.50 bits per heavy atom. The molecule has 0 aromatic carbocycles. The van der Waals surface area contributed by atoms with Gasteiger partial charge in [-0.1, -0.05) is 11.6 Å². The first kappa shape index (κ1) is 13.1. The molecule has 6 heteroatoms. The number of aromatic nitrogens is 2. The molecule has 2 aromatic rings. The maximum absolute atomic E-state index is 12.1. The van der Waals surface area contributed by atoms with Crippen molar-refractivity contribution in [2.45, 2.75) is 19.9 Å². The SMILES string of the molecule is CC(C)=C(OC(=O)c1cc2[nH]cc(Cl)c2cn1)C1CN1. The Morgan fingerprint density at radius 3 is 2.90 bits per heavy atom. The highest BCUT2D eigenvalue weighted by atomic mass is 35.5. The van der Waals surface area contributed by atoms with Crippen LogP contribution in [-0.2, 0) is 4.74 Å². The van der Waals surface area contributed by atoms with Gasteiger partial charge in [0.2, 0.25) is 0 Å². The molecule has 5 nitrogen and oxygen atoms in total. The standard InChI is InChI=1S/C14H14ClN3O2/c1-7(2)13(12-6-18-12)20-14(19)11-3-10-8(4-16-11)9(15)5-17-10/h3-5,12,17-18H,6H2,1-2H3. The van der Waals surface area contributed by atoms with E-state index in [2.05, 4.69) is 15.3 Å². The van der Waals surface area contributed by atoms with Gasteiger partial charge in [-0.25, -0.2) is 9.78 Å². The van der Waals surface area contributed by atoms with E-state index in [9.17, 15) is 4.79 Å². The number of halogens is 1. The molecule has 1 fully saturated rings. The normalized spacial score (nSPS) is 17.1. The number of H-pyrrole nitrogens is 1. The number of fused-ring (bicyclic) bond motifs is 1. The van der Waals surface area contributed by atoms with Crippen LogP contribution in [0.15, 0.2) is 29.8 Å². The molecule has 0 spiro atoms. The maximum Gasteiger partial charge on any atom is 0.362 e. The van der Waals surface area contributed by atoms with Crippen LogP contribution >= 0.6 is 11.6 Å². The average molecular weight is 292 g/mol. The molecule has 1 atom stereocenters. The number of pyridine rings is 1. The van der Waals surface area contributed by atoms with E-state index in [0.29, 0.717) is 10.8 Å². The van der Waals surface area contributed by atoms with Gasteiger partial charge in [0.05, 0.1) is 16.6 Å². The molecule has 0 amide bonds. The number of carbonyl (C=O) groups is 1. The lowest BCUT2D eigenvalue weighted by molar-refractivity contribution is 0.0606. The van der Waals surface area contributed by atoms with Gasteiger partial charge in [0.1, 0.15) is 5.76 Å². The van der Waals surface area contributed by atoms with E-state index < -0.39 is 5.97 Å². The summed E-state index contributed by atoms with van der Waals surface area (Å²) in [6, 6.07) is 1.79.